The maximum absolute atomic E-state index is 12.2. The molecule has 0 saturated carbocycles. The minimum atomic E-state index is -0.424. The second kappa shape index (κ2) is 7.75. The fraction of sp³-hybridized carbons (Fsp3) is 0.0500. The van der Waals surface area contributed by atoms with Crippen LogP contribution >= 0.6 is 0 Å². The zero-order chi connectivity index (χ0) is 17.5. The largest absolute Gasteiger partial charge is 0.358 e. The van der Waals surface area contributed by atoms with Crippen LogP contribution in [-0.4, -0.2) is 10.9 Å². The minimum Gasteiger partial charge on any atom is -0.358 e. The van der Waals surface area contributed by atoms with E-state index in [1.165, 1.54) is 6.20 Å². The van der Waals surface area contributed by atoms with Crippen molar-refractivity contribution in [1.29, 1.82) is 5.26 Å². The lowest BCUT2D eigenvalue weighted by Crippen LogP contribution is -2.24. The average Bonchev–Trinajstić information content (AvgIpc) is 2.67. The SMILES string of the molecule is N#C/C(=C/Nc1cccc2cccnc12)C(=O)NCc1ccccc1. The van der Waals surface area contributed by atoms with Gasteiger partial charge < -0.3 is 10.6 Å². The van der Waals surface area contributed by atoms with E-state index in [0.29, 0.717) is 6.54 Å². The van der Waals surface area contributed by atoms with Crippen molar-refractivity contribution in [2.24, 2.45) is 0 Å². The summed E-state index contributed by atoms with van der Waals surface area (Å²) in [6.45, 7) is 0.370. The lowest BCUT2D eigenvalue weighted by atomic mass is 10.2. The molecule has 2 aromatic carbocycles. The summed E-state index contributed by atoms with van der Waals surface area (Å²) in [5, 5.41) is 16.0. The maximum atomic E-state index is 12.2. The first kappa shape index (κ1) is 16.2. The van der Waals surface area contributed by atoms with Gasteiger partial charge in [0.15, 0.2) is 0 Å². The van der Waals surface area contributed by atoms with Crippen LogP contribution in [0.25, 0.3) is 10.9 Å². The molecule has 1 heterocycles. The summed E-state index contributed by atoms with van der Waals surface area (Å²) in [4.78, 5) is 16.5. The Kier molecular flexibility index (Phi) is 5.03. The van der Waals surface area contributed by atoms with Gasteiger partial charge in [-0.1, -0.05) is 48.5 Å². The molecule has 3 aromatic rings. The standard InChI is InChI=1S/C20H16N4O/c21-12-17(20(25)24-13-15-6-2-1-3-7-15)14-23-18-10-4-8-16-9-5-11-22-19(16)18/h1-11,14,23H,13H2,(H,24,25)/b17-14-. The molecule has 0 atom stereocenters. The summed E-state index contributed by atoms with van der Waals surface area (Å²) in [7, 11) is 0. The minimum absolute atomic E-state index is 0.00358. The van der Waals surface area contributed by atoms with Gasteiger partial charge in [-0.25, -0.2) is 0 Å². The van der Waals surface area contributed by atoms with Gasteiger partial charge in [-0.05, 0) is 17.7 Å². The van der Waals surface area contributed by atoms with E-state index < -0.39 is 5.91 Å². The van der Waals surface area contributed by atoms with Crippen LogP contribution in [0.1, 0.15) is 5.56 Å². The molecular weight excluding hydrogens is 312 g/mol. The van der Waals surface area contributed by atoms with Gasteiger partial charge in [-0.15, -0.1) is 0 Å². The molecule has 0 radical (unpaired) electrons. The number of rotatable bonds is 5. The quantitative estimate of drug-likeness (QED) is 0.556. The summed E-state index contributed by atoms with van der Waals surface area (Å²) in [5.41, 5.74) is 2.49. The molecular formula is C20H16N4O. The molecule has 0 saturated heterocycles. The van der Waals surface area contributed by atoms with Crippen molar-refractivity contribution in [3.63, 3.8) is 0 Å². The van der Waals surface area contributed by atoms with Gasteiger partial charge in [0, 0.05) is 24.3 Å². The van der Waals surface area contributed by atoms with E-state index in [4.69, 9.17) is 0 Å². The first-order valence-electron chi connectivity index (χ1n) is 7.80. The number of amides is 1. The number of hydrogen-bond acceptors (Lipinski definition) is 4. The van der Waals surface area contributed by atoms with Gasteiger partial charge in [0.1, 0.15) is 11.6 Å². The lowest BCUT2D eigenvalue weighted by molar-refractivity contribution is -0.117. The topological polar surface area (TPSA) is 77.8 Å². The van der Waals surface area contributed by atoms with Crippen LogP contribution in [0.15, 0.2) is 78.6 Å². The number of nitrogens with zero attached hydrogens (tertiary/aromatic N) is 2. The number of benzene rings is 2. The van der Waals surface area contributed by atoms with Crippen LogP contribution in [0.4, 0.5) is 5.69 Å². The Hall–Kier alpha value is -3.65. The first-order valence-corrected chi connectivity index (χ1v) is 7.80. The van der Waals surface area contributed by atoms with Gasteiger partial charge in [0.05, 0.1) is 11.2 Å². The molecule has 3 rings (SSSR count). The van der Waals surface area contributed by atoms with E-state index in [1.54, 1.807) is 6.20 Å². The van der Waals surface area contributed by atoms with Gasteiger partial charge in [-0.2, -0.15) is 5.26 Å². The highest BCUT2D eigenvalue weighted by Gasteiger charge is 2.09. The zero-order valence-electron chi connectivity index (χ0n) is 13.4. The van der Waals surface area contributed by atoms with Crippen molar-refractivity contribution in [3.8, 4) is 6.07 Å². The van der Waals surface area contributed by atoms with Crippen molar-refractivity contribution >= 4 is 22.5 Å². The number of nitriles is 1. The van der Waals surface area contributed by atoms with Crippen molar-refractivity contribution in [3.05, 3.63) is 84.2 Å². The average molecular weight is 328 g/mol. The van der Waals surface area contributed by atoms with E-state index in [-0.39, 0.29) is 5.57 Å². The third kappa shape index (κ3) is 4.01. The van der Waals surface area contributed by atoms with Gasteiger partial charge in [-0.3, -0.25) is 9.78 Å². The van der Waals surface area contributed by atoms with E-state index in [0.717, 1.165) is 22.2 Å². The summed E-state index contributed by atoms with van der Waals surface area (Å²) in [6, 6.07) is 21.0. The van der Waals surface area contributed by atoms with E-state index in [9.17, 15) is 10.1 Å². The highest BCUT2D eigenvalue weighted by Crippen LogP contribution is 2.20. The Labute approximate surface area is 145 Å². The van der Waals surface area contributed by atoms with Crippen molar-refractivity contribution in [1.82, 2.24) is 10.3 Å². The summed E-state index contributed by atoms with van der Waals surface area (Å²) in [5.74, 6) is -0.424. The van der Waals surface area contributed by atoms with E-state index in [1.807, 2.05) is 66.7 Å². The fourth-order valence-corrected chi connectivity index (χ4v) is 2.39. The molecule has 5 nitrogen and oxygen atoms in total. The molecule has 25 heavy (non-hydrogen) atoms. The van der Waals surface area contributed by atoms with Crippen molar-refractivity contribution in [2.75, 3.05) is 5.32 Å². The Morgan fingerprint density at radius 1 is 1.08 bits per heavy atom. The number of carbonyl (C=O) groups is 1. The van der Waals surface area contributed by atoms with E-state index in [2.05, 4.69) is 15.6 Å². The molecule has 0 aliphatic carbocycles. The summed E-state index contributed by atoms with van der Waals surface area (Å²) < 4.78 is 0. The maximum Gasteiger partial charge on any atom is 0.263 e. The smallest absolute Gasteiger partial charge is 0.263 e. The van der Waals surface area contributed by atoms with Crippen LogP contribution < -0.4 is 10.6 Å². The van der Waals surface area contributed by atoms with Crippen LogP contribution in [0, 0.1) is 11.3 Å². The molecule has 5 heteroatoms. The van der Waals surface area contributed by atoms with Crippen LogP contribution in [0.3, 0.4) is 0 Å². The monoisotopic (exact) mass is 328 g/mol. The van der Waals surface area contributed by atoms with Crippen molar-refractivity contribution < 1.29 is 4.79 Å². The first-order chi connectivity index (χ1) is 12.3. The summed E-state index contributed by atoms with van der Waals surface area (Å²) >= 11 is 0. The number of nitrogens with one attached hydrogen (secondary N) is 2. The van der Waals surface area contributed by atoms with Crippen LogP contribution in [0.5, 0.6) is 0 Å². The fourth-order valence-electron chi connectivity index (χ4n) is 2.39. The Bertz CT molecular complexity index is 953. The molecule has 2 N–H and O–H groups in total. The molecule has 0 aliphatic heterocycles. The summed E-state index contributed by atoms with van der Waals surface area (Å²) in [6.07, 6.45) is 3.11. The second-order valence-electron chi connectivity index (χ2n) is 5.36. The molecule has 0 unspecified atom stereocenters. The molecule has 1 amide bonds. The zero-order valence-corrected chi connectivity index (χ0v) is 13.4. The number of hydrogen-bond donors (Lipinski definition) is 2. The normalized spacial score (nSPS) is 10.9. The molecule has 0 aliphatic rings. The number of anilines is 1. The Morgan fingerprint density at radius 2 is 1.88 bits per heavy atom. The molecule has 1 aromatic heterocycles. The predicted molar refractivity (Wildman–Crippen MR) is 97.4 cm³/mol. The second-order valence-corrected chi connectivity index (χ2v) is 5.36. The van der Waals surface area contributed by atoms with Crippen LogP contribution in [0.2, 0.25) is 0 Å². The van der Waals surface area contributed by atoms with Crippen LogP contribution in [-0.2, 0) is 11.3 Å². The Morgan fingerprint density at radius 3 is 2.68 bits per heavy atom. The number of para-hydroxylation sites is 1. The number of carbonyl (C=O) groups excluding carboxylic acids is 1. The highest BCUT2D eigenvalue weighted by atomic mass is 16.1. The molecule has 0 fully saturated rings. The highest BCUT2D eigenvalue weighted by molar-refractivity contribution is 5.98. The third-order valence-electron chi connectivity index (χ3n) is 3.67. The number of fused-ring (bicyclic) bond motifs is 1. The Balaban J connectivity index is 1.72. The molecule has 0 spiro atoms. The number of pyridine rings is 1. The van der Waals surface area contributed by atoms with E-state index >= 15 is 0 Å². The van der Waals surface area contributed by atoms with Gasteiger partial charge >= 0.3 is 0 Å². The predicted octanol–water partition coefficient (Wildman–Crippen LogP) is 3.37. The number of aromatic nitrogens is 1. The lowest BCUT2D eigenvalue weighted by Gasteiger charge is -2.07. The third-order valence-corrected chi connectivity index (χ3v) is 3.67. The van der Waals surface area contributed by atoms with Gasteiger partial charge in [0.25, 0.3) is 5.91 Å². The van der Waals surface area contributed by atoms with Gasteiger partial charge in [0.2, 0.25) is 0 Å². The van der Waals surface area contributed by atoms with Crippen molar-refractivity contribution in [2.45, 2.75) is 6.54 Å². The molecule has 0 bridgehead atoms. The molecule has 122 valence electrons.